The molecule has 1 aliphatic rings. The Labute approximate surface area is 228 Å². The number of rotatable bonds is 8. The van der Waals surface area contributed by atoms with Crippen LogP contribution in [0.5, 0.6) is 0 Å². The number of hydrogen-bond donors (Lipinski definition) is 0. The van der Waals surface area contributed by atoms with E-state index < -0.39 is 9.84 Å². The molecule has 1 aromatic heterocycles. The number of halogens is 1. The lowest BCUT2D eigenvalue weighted by Crippen LogP contribution is -2.48. The fourth-order valence-electron chi connectivity index (χ4n) is 4.61. The molecule has 0 saturated carbocycles. The van der Waals surface area contributed by atoms with Crippen molar-refractivity contribution in [3.8, 4) is 0 Å². The molecule has 1 aliphatic heterocycles. The molecule has 37 heavy (non-hydrogen) atoms. The van der Waals surface area contributed by atoms with E-state index in [4.69, 9.17) is 16.6 Å². The Morgan fingerprint density at radius 2 is 1.70 bits per heavy atom. The van der Waals surface area contributed by atoms with Gasteiger partial charge in [-0.05, 0) is 62.7 Å². The van der Waals surface area contributed by atoms with Crippen molar-refractivity contribution < 1.29 is 13.2 Å². The van der Waals surface area contributed by atoms with E-state index in [1.807, 2.05) is 0 Å². The van der Waals surface area contributed by atoms with Crippen molar-refractivity contribution in [2.24, 2.45) is 4.99 Å². The van der Waals surface area contributed by atoms with Crippen molar-refractivity contribution in [3.63, 3.8) is 0 Å². The van der Waals surface area contributed by atoms with Crippen LogP contribution in [0, 0.1) is 0 Å². The molecule has 4 rings (SSSR count). The second-order valence-corrected chi connectivity index (χ2v) is 13.5. The second-order valence-electron chi connectivity index (χ2n) is 10.1. The lowest BCUT2D eigenvalue weighted by molar-refractivity contribution is -0.132. The van der Waals surface area contributed by atoms with Crippen LogP contribution >= 0.6 is 22.9 Å². The predicted molar refractivity (Wildman–Crippen MR) is 151 cm³/mol. The zero-order valence-corrected chi connectivity index (χ0v) is 24.2. The normalized spacial score (nSPS) is 15.9. The van der Waals surface area contributed by atoms with Crippen molar-refractivity contribution in [2.75, 3.05) is 31.9 Å². The van der Waals surface area contributed by atoms with Gasteiger partial charge in [0.1, 0.15) is 0 Å². The van der Waals surface area contributed by atoms with E-state index in [0.29, 0.717) is 24.2 Å². The topological polar surface area (TPSA) is 75.0 Å². The number of carbonyl (C=O) groups excluding carboxylic acids is 1. The van der Waals surface area contributed by atoms with Crippen molar-refractivity contribution in [1.82, 2.24) is 14.4 Å². The lowest BCUT2D eigenvalue weighted by atomic mass is 10.1. The maximum absolute atomic E-state index is 12.9. The molecular formula is C27H35ClN4O3S2. The molecule has 2 aromatic carbocycles. The van der Waals surface area contributed by atoms with E-state index in [0.717, 1.165) is 35.2 Å². The number of sulfone groups is 1. The van der Waals surface area contributed by atoms with E-state index in [1.165, 1.54) is 5.69 Å². The van der Waals surface area contributed by atoms with Gasteiger partial charge in [-0.1, -0.05) is 23.7 Å². The molecule has 0 bridgehead atoms. The highest BCUT2D eigenvalue weighted by Crippen LogP contribution is 2.24. The first-order chi connectivity index (χ1) is 17.5. The predicted octanol–water partition coefficient (Wildman–Crippen LogP) is 4.75. The molecule has 3 aromatic rings. The van der Waals surface area contributed by atoms with Gasteiger partial charge in [-0.2, -0.15) is 0 Å². The Morgan fingerprint density at radius 1 is 1.03 bits per heavy atom. The highest BCUT2D eigenvalue weighted by molar-refractivity contribution is 7.91. The molecular weight excluding hydrogens is 528 g/mol. The number of carbonyl (C=O) groups is 1. The van der Waals surface area contributed by atoms with Gasteiger partial charge in [0.05, 0.1) is 10.6 Å². The van der Waals surface area contributed by atoms with Crippen molar-refractivity contribution in [3.05, 3.63) is 57.3 Å². The molecule has 0 N–H and O–H groups in total. The summed E-state index contributed by atoms with van der Waals surface area (Å²) in [5.74, 6) is -0.307. The Kier molecular flexibility index (Phi) is 8.78. The Hall–Kier alpha value is -2.20. The van der Waals surface area contributed by atoms with Crippen molar-refractivity contribution in [1.29, 1.82) is 0 Å². The molecule has 2 heterocycles. The van der Waals surface area contributed by atoms with Crippen LogP contribution in [0.2, 0.25) is 5.02 Å². The third kappa shape index (κ3) is 6.82. The maximum atomic E-state index is 12.9. The second kappa shape index (κ2) is 11.7. The minimum Gasteiger partial charge on any atom is -0.340 e. The van der Waals surface area contributed by atoms with Gasteiger partial charge in [0.2, 0.25) is 5.91 Å². The molecule has 0 atom stereocenters. The Morgan fingerprint density at radius 3 is 2.38 bits per heavy atom. The summed E-state index contributed by atoms with van der Waals surface area (Å²) in [4.78, 5) is 23.0. The number of hydrogen-bond acceptors (Lipinski definition) is 6. The van der Waals surface area contributed by atoms with E-state index in [9.17, 15) is 13.2 Å². The van der Waals surface area contributed by atoms with Gasteiger partial charge in [-0.3, -0.25) is 14.7 Å². The monoisotopic (exact) mass is 562 g/mol. The fourth-order valence-corrected chi connectivity index (χ4v) is 7.19. The number of thiazole rings is 1. The van der Waals surface area contributed by atoms with Crippen LogP contribution in [-0.2, 0) is 21.2 Å². The molecule has 1 amide bonds. The van der Waals surface area contributed by atoms with E-state index in [1.54, 1.807) is 52.6 Å². The van der Waals surface area contributed by atoms with Gasteiger partial charge in [-0.25, -0.2) is 8.42 Å². The number of aromatic nitrogens is 1. The van der Waals surface area contributed by atoms with Gasteiger partial charge >= 0.3 is 0 Å². The van der Waals surface area contributed by atoms with E-state index in [-0.39, 0.29) is 29.0 Å². The van der Waals surface area contributed by atoms with Gasteiger partial charge in [0.25, 0.3) is 0 Å². The molecule has 200 valence electrons. The van der Waals surface area contributed by atoms with Crippen molar-refractivity contribution >= 4 is 49.5 Å². The first-order valence-corrected chi connectivity index (χ1v) is 15.6. The summed E-state index contributed by atoms with van der Waals surface area (Å²) < 4.78 is 28.2. The zero-order valence-electron chi connectivity index (χ0n) is 21.9. The minimum absolute atomic E-state index is 0.0149. The molecule has 0 radical (unpaired) electrons. The molecule has 10 heteroatoms. The van der Waals surface area contributed by atoms with E-state index in [2.05, 4.69) is 42.5 Å². The maximum Gasteiger partial charge on any atom is 0.223 e. The molecule has 0 spiro atoms. The summed E-state index contributed by atoms with van der Waals surface area (Å²) in [6, 6.07) is 10.9. The average Bonchev–Trinajstić information content (AvgIpc) is 3.24. The smallest absolute Gasteiger partial charge is 0.223 e. The van der Waals surface area contributed by atoms with Gasteiger partial charge < -0.3 is 9.47 Å². The van der Waals surface area contributed by atoms with Crippen LogP contribution in [0.25, 0.3) is 10.8 Å². The number of nitrogens with zero attached hydrogens (tertiary/aromatic N) is 4. The summed E-state index contributed by atoms with van der Waals surface area (Å²) in [6.45, 7) is 12.1. The molecule has 0 aliphatic carbocycles. The van der Waals surface area contributed by atoms with Gasteiger partial charge in [0, 0.05) is 67.3 Å². The SMILES string of the molecule is CC(C)/N=c1\scc(CN2CCN(C(=O)CCS(=O)(=O)c3ccc4cc(Cl)ccc4c3)CC2)n1C(C)C. The van der Waals surface area contributed by atoms with Crippen LogP contribution in [0.1, 0.15) is 45.9 Å². The van der Waals surface area contributed by atoms with E-state index >= 15 is 0 Å². The van der Waals surface area contributed by atoms with Gasteiger partial charge in [0.15, 0.2) is 14.6 Å². The van der Waals surface area contributed by atoms with Gasteiger partial charge in [-0.15, -0.1) is 11.3 Å². The van der Waals surface area contributed by atoms with Crippen LogP contribution in [-0.4, -0.2) is 66.7 Å². The minimum atomic E-state index is -3.57. The third-order valence-corrected chi connectivity index (χ3v) is 9.38. The number of benzene rings is 2. The lowest BCUT2D eigenvalue weighted by Gasteiger charge is -2.35. The number of piperazine rings is 1. The van der Waals surface area contributed by atoms with Crippen molar-refractivity contribution in [2.45, 2.75) is 57.6 Å². The highest BCUT2D eigenvalue weighted by atomic mass is 35.5. The molecule has 1 saturated heterocycles. The van der Waals surface area contributed by atoms with Crippen LogP contribution < -0.4 is 4.80 Å². The number of fused-ring (bicyclic) bond motifs is 1. The van der Waals surface area contributed by atoms with Crippen LogP contribution in [0.3, 0.4) is 0 Å². The quantitative estimate of drug-likeness (QED) is 0.397. The van der Waals surface area contributed by atoms with Crippen LogP contribution in [0.15, 0.2) is 51.7 Å². The largest absolute Gasteiger partial charge is 0.340 e. The summed E-state index contributed by atoms with van der Waals surface area (Å²) >= 11 is 7.70. The molecule has 0 unspecified atom stereocenters. The molecule has 1 fully saturated rings. The summed E-state index contributed by atoms with van der Waals surface area (Å²) in [5, 5.41) is 4.48. The summed E-state index contributed by atoms with van der Waals surface area (Å²) in [5.41, 5.74) is 1.24. The Balaban J connectivity index is 1.33. The summed E-state index contributed by atoms with van der Waals surface area (Å²) in [6.07, 6.45) is -0.0149. The average molecular weight is 563 g/mol. The standard InChI is InChI=1S/C27H35ClN4O3S2/c1-19(2)29-27-32(20(3)4)24(18-36-27)17-30-10-12-31(13-11-30)26(33)9-14-37(34,35)25-8-6-21-15-23(28)7-5-22(21)16-25/h5-8,15-16,18-20H,9-14,17H2,1-4H3/b29-27-. The highest BCUT2D eigenvalue weighted by Gasteiger charge is 2.24. The Bertz CT molecular complexity index is 1440. The third-order valence-electron chi connectivity index (χ3n) is 6.53. The number of amides is 1. The first-order valence-electron chi connectivity index (χ1n) is 12.7. The van der Waals surface area contributed by atoms with Crippen LogP contribution in [0.4, 0.5) is 0 Å². The summed E-state index contributed by atoms with van der Waals surface area (Å²) in [7, 11) is -3.57. The zero-order chi connectivity index (χ0) is 26.7. The molecule has 7 nitrogen and oxygen atoms in total. The fraction of sp³-hybridized carbons (Fsp3) is 0.481. The first kappa shape index (κ1) is 27.8.